The van der Waals surface area contributed by atoms with Crippen LogP contribution in [0.15, 0.2) is 28.7 Å². The summed E-state index contributed by atoms with van der Waals surface area (Å²) >= 11 is 0. The van der Waals surface area contributed by atoms with E-state index in [0.717, 1.165) is 16.5 Å². The minimum absolute atomic E-state index is 0.108. The maximum absolute atomic E-state index is 11.6. The second kappa shape index (κ2) is 3.42. The number of hydrogen-bond acceptors (Lipinski definition) is 2. The first-order valence-electron chi connectivity index (χ1n) is 4.80. The summed E-state index contributed by atoms with van der Waals surface area (Å²) in [5, 5.41) is 0.972. The van der Waals surface area contributed by atoms with Gasteiger partial charge in [0.15, 0.2) is 5.76 Å². The number of hydrogen-bond donors (Lipinski definition) is 0. The Kier molecular flexibility index (Phi) is 2.23. The number of carbonyl (C=O) groups is 1. The van der Waals surface area contributed by atoms with E-state index < -0.39 is 0 Å². The summed E-state index contributed by atoms with van der Waals surface area (Å²) in [5.41, 5.74) is 1.91. The third kappa shape index (κ3) is 1.73. The van der Waals surface area contributed by atoms with Crippen LogP contribution in [-0.2, 0) is 0 Å². The molecule has 0 aliphatic heterocycles. The summed E-state index contributed by atoms with van der Waals surface area (Å²) in [6.07, 6.45) is 0. The summed E-state index contributed by atoms with van der Waals surface area (Å²) in [6.45, 7) is 2.01. The van der Waals surface area contributed by atoms with Crippen molar-refractivity contribution in [1.82, 2.24) is 4.90 Å². The molecule has 3 nitrogen and oxygen atoms in total. The maximum atomic E-state index is 11.6. The van der Waals surface area contributed by atoms with E-state index in [2.05, 4.69) is 0 Å². The van der Waals surface area contributed by atoms with Gasteiger partial charge in [0.05, 0.1) is 0 Å². The van der Waals surface area contributed by atoms with Gasteiger partial charge in [-0.1, -0.05) is 11.6 Å². The lowest BCUT2D eigenvalue weighted by molar-refractivity contribution is 0.0799. The molecule has 0 aliphatic carbocycles. The van der Waals surface area contributed by atoms with Gasteiger partial charge in [-0.3, -0.25) is 4.79 Å². The summed E-state index contributed by atoms with van der Waals surface area (Å²) in [7, 11) is 3.42. The fourth-order valence-electron chi connectivity index (χ4n) is 1.49. The van der Waals surface area contributed by atoms with Gasteiger partial charge in [0.25, 0.3) is 5.91 Å². The van der Waals surface area contributed by atoms with Gasteiger partial charge < -0.3 is 9.32 Å². The molecule has 0 N–H and O–H groups in total. The predicted octanol–water partition coefficient (Wildman–Crippen LogP) is 2.44. The molecule has 0 saturated heterocycles. The number of furan rings is 1. The van der Waals surface area contributed by atoms with Crippen LogP contribution < -0.4 is 0 Å². The Bertz CT molecular complexity index is 511. The van der Waals surface area contributed by atoms with Gasteiger partial charge >= 0.3 is 0 Å². The molecule has 0 bridgehead atoms. The topological polar surface area (TPSA) is 33.5 Å². The fraction of sp³-hybridized carbons (Fsp3) is 0.250. The van der Waals surface area contributed by atoms with Crippen LogP contribution in [0.2, 0.25) is 0 Å². The van der Waals surface area contributed by atoms with Crippen LogP contribution in [0.4, 0.5) is 0 Å². The van der Waals surface area contributed by atoms with Crippen LogP contribution in [-0.4, -0.2) is 24.9 Å². The largest absolute Gasteiger partial charge is 0.451 e. The van der Waals surface area contributed by atoms with Gasteiger partial charge in [-0.15, -0.1) is 0 Å². The normalized spacial score (nSPS) is 10.6. The molecule has 15 heavy (non-hydrogen) atoms. The predicted molar refractivity (Wildman–Crippen MR) is 59.0 cm³/mol. The minimum Gasteiger partial charge on any atom is -0.451 e. The van der Waals surface area contributed by atoms with Gasteiger partial charge in [-0.25, -0.2) is 0 Å². The molecule has 0 unspecified atom stereocenters. The first-order valence-corrected chi connectivity index (χ1v) is 4.80. The van der Waals surface area contributed by atoms with E-state index in [0.29, 0.717) is 5.76 Å². The van der Waals surface area contributed by atoms with Gasteiger partial charge in [-0.2, -0.15) is 0 Å². The number of nitrogens with zero attached hydrogens (tertiary/aromatic N) is 1. The van der Waals surface area contributed by atoms with Gasteiger partial charge in [-0.05, 0) is 25.1 Å². The number of carbonyl (C=O) groups excluding carboxylic acids is 1. The van der Waals surface area contributed by atoms with Gasteiger partial charge in [0, 0.05) is 19.5 Å². The van der Waals surface area contributed by atoms with Crippen molar-refractivity contribution < 1.29 is 9.21 Å². The van der Waals surface area contributed by atoms with E-state index >= 15 is 0 Å². The molecule has 1 aromatic heterocycles. The Labute approximate surface area is 88.3 Å². The van der Waals surface area contributed by atoms with Crippen molar-refractivity contribution in [1.29, 1.82) is 0 Å². The van der Waals surface area contributed by atoms with Crippen LogP contribution in [0.25, 0.3) is 11.0 Å². The Morgan fingerprint density at radius 3 is 2.67 bits per heavy atom. The van der Waals surface area contributed by atoms with Crippen molar-refractivity contribution >= 4 is 16.9 Å². The van der Waals surface area contributed by atoms with Crippen molar-refractivity contribution in [2.75, 3.05) is 14.1 Å². The average molecular weight is 203 g/mol. The third-order valence-electron chi connectivity index (χ3n) is 2.29. The highest BCUT2D eigenvalue weighted by molar-refractivity contribution is 5.95. The molecule has 0 radical (unpaired) electrons. The molecule has 1 heterocycles. The Hall–Kier alpha value is -1.77. The monoisotopic (exact) mass is 203 g/mol. The Morgan fingerprint density at radius 2 is 2.00 bits per heavy atom. The number of aryl methyl sites for hydroxylation is 1. The molecule has 0 saturated carbocycles. The van der Waals surface area contributed by atoms with E-state index in [1.807, 2.05) is 25.1 Å². The smallest absolute Gasteiger partial charge is 0.289 e. The lowest BCUT2D eigenvalue weighted by Gasteiger charge is -2.06. The molecule has 1 amide bonds. The van der Waals surface area contributed by atoms with Crippen LogP contribution in [0.1, 0.15) is 16.1 Å². The third-order valence-corrected chi connectivity index (χ3v) is 2.29. The highest BCUT2D eigenvalue weighted by Gasteiger charge is 2.13. The molecule has 0 spiro atoms. The standard InChI is InChI=1S/C12H13NO2/c1-8-4-5-10-9(6-8)7-11(15-10)12(14)13(2)3/h4-7H,1-3H3. The molecule has 3 heteroatoms. The second-order valence-corrected chi connectivity index (χ2v) is 3.85. The molecule has 0 atom stereocenters. The SMILES string of the molecule is Cc1ccc2oc(C(=O)N(C)C)cc2c1. The molecule has 2 rings (SSSR count). The average Bonchev–Trinajstić information content (AvgIpc) is 2.58. The summed E-state index contributed by atoms with van der Waals surface area (Å²) in [5.74, 6) is 0.282. The minimum atomic E-state index is -0.108. The van der Waals surface area contributed by atoms with Crippen LogP contribution in [0, 0.1) is 6.92 Å². The summed E-state index contributed by atoms with van der Waals surface area (Å²) in [6, 6.07) is 7.64. The molecule has 0 aliphatic rings. The van der Waals surface area contributed by atoms with Crippen molar-refractivity contribution in [3.63, 3.8) is 0 Å². The van der Waals surface area contributed by atoms with Crippen LogP contribution in [0.3, 0.4) is 0 Å². The summed E-state index contributed by atoms with van der Waals surface area (Å²) in [4.78, 5) is 13.1. The maximum Gasteiger partial charge on any atom is 0.289 e. The van der Waals surface area contributed by atoms with E-state index in [1.165, 1.54) is 4.90 Å². The van der Waals surface area contributed by atoms with Crippen molar-refractivity contribution in [2.45, 2.75) is 6.92 Å². The zero-order chi connectivity index (χ0) is 11.0. The van der Waals surface area contributed by atoms with E-state index in [4.69, 9.17) is 4.42 Å². The number of fused-ring (bicyclic) bond motifs is 1. The number of benzene rings is 1. The van der Waals surface area contributed by atoms with Crippen molar-refractivity contribution in [3.8, 4) is 0 Å². The Morgan fingerprint density at radius 1 is 1.27 bits per heavy atom. The summed E-state index contributed by atoms with van der Waals surface area (Å²) < 4.78 is 5.45. The van der Waals surface area contributed by atoms with Gasteiger partial charge in [0.1, 0.15) is 5.58 Å². The van der Waals surface area contributed by atoms with E-state index in [-0.39, 0.29) is 5.91 Å². The van der Waals surface area contributed by atoms with E-state index in [9.17, 15) is 4.79 Å². The zero-order valence-corrected chi connectivity index (χ0v) is 9.07. The lowest BCUT2D eigenvalue weighted by Crippen LogP contribution is -2.20. The first kappa shape index (κ1) is 9.77. The first-order chi connectivity index (χ1) is 7.08. The number of amides is 1. The van der Waals surface area contributed by atoms with Crippen LogP contribution in [0.5, 0.6) is 0 Å². The molecule has 2 aromatic rings. The number of rotatable bonds is 1. The molecule has 0 fully saturated rings. The highest BCUT2D eigenvalue weighted by atomic mass is 16.3. The fourth-order valence-corrected chi connectivity index (χ4v) is 1.49. The molecule has 78 valence electrons. The molecular weight excluding hydrogens is 190 g/mol. The van der Waals surface area contributed by atoms with E-state index in [1.54, 1.807) is 20.2 Å². The molecular formula is C12H13NO2. The van der Waals surface area contributed by atoms with Crippen molar-refractivity contribution in [3.05, 3.63) is 35.6 Å². The quantitative estimate of drug-likeness (QED) is 0.713. The molecule has 1 aromatic carbocycles. The van der Waals surface area contributed by atoms with Crippen LogP contribution >= 0.6 is 0 Å². The van der Waals surface area contributed by atoms with Gasteiger partial charge in [0.2, 0.25) is 0 Å². The van der Waals surface area contributed by atoms with Crippen molar-refractivity contribution in [2.24, 2.45) is 0 Å². The Balaban J connectivity index is 2.52. The second-order valence-electron chi connectivity index (χ2n) is 3.85. The zero-order valence-electron chi connectivity index (χ0n) is 9.07. The lowest BCUT2D eigenvalue weighted by atomic mass is 10.2. The highest BCUT2D eigenvalue weighted by Crippen LogP contribution is 2.21.